The first-order valence-corrected chi connectivity index (χ1v) is 10.1. The summed E-state index contributed by atoms with van der Waals surface area (Å²) < 4.78 is 18.0. The van der Waals surface area contributed by atoms with E-state index in [2.05, 4.69) is 11.9 Å². The second kappa shape index (κ2) is 12.0. The fourth-order valence-corrected chi connectivity index (χ4v) is 3.06. The summed E-state index contributed by atoms with van der Waals surface area (Å²) in [4.78, 5) is 24.9. The van der Waals surface area contributed by atoms with E-state index in [-0.39, 0.29) is 20.1 Å². The molecular formula is C17H37N3O5S. The van der Waals surface area contributed by atoms with Gasteiger partial charge in [0.25, 0.3) is 0 Å². The first-order valence-electron chi connectivity index (χ1n) is 8.94. The number of nitrogens with zero attached hydrogens (tertiary/aromatic N) is 1. The summed E-state index contributed by atoms with van der Waals surface area (Å²) in [6.45, 7) is 9.16. The molecular weight excluding hydrogens is 358 g/mol. The Kier molecular flexibility index (Phi) is 11.4. The van der Waals surface area contributed by atoms with Gasteiger partial charge in [0.1, 0.15) is 5.54 Å². The van der Waals surface area contributed by atoms with Crippen molar-refractivity contribution in [1.29, 1.82) is 0 Å². The van der Waals surface area contributed by atoms with Gasteiger partial charge in [0.15, 0.2) is 11.1 Å². The zero-order chi connectivity index (χ0) is 20.3. The standard InChI is InChI=1S/C11H17N3O2.C3H6O2S.C2H6.CH4O.2H2/c1-2-8-7-11(8,9(12)15)13-10(16)14-5-3-4-6-14;4-6(5)3-1-2-3;2*1-2;;/h2,8H,1,3-7H2,(H2,12,15)(H,13,16);3H,1-2H2,(H,4,5);1-2H3;2H,1H3;2*1H. The molecule has 1 aliphatic heterocycles. The number of carbonyl (C=O) groups is 2. The molecule has 0 bridgehead atoms. The average molecular weight is 396 g/mol. The first-order chi connectivity index (χ1) is 12.4. The van der Waals surface area contributed by atoms with Gasteiger partial charge in [-0.3, -0.25) is 4.79 Å². The highest BCUT2D eigenvalue weighted by atomic mass is 32.2. The molecule has 3 amide bonds. The third kappa shape index (κ3) is 7.05. The molecule has 0 radical (unpaired) electrons. The van der Waals surface area contributed by atoms with Crippen LogP contribution >= 0.6 is 0 Å². The zero-order valence-corrected chi connectivity index (χ0v) is 16.8. The maximum Gasteiger partial charge on any atom is 0.318 e. The number of aliphatic hydroxyl groups is 1. The van der Waals surface area contributed by atoms with E-state index >= 15 is 0 Å². The Bertz CT molecular complexity index is 503. The molecule has 5 N–H and O–H groups in total. The van der Waals surface area contributed by atoms with Crippen LogP contribution in [0.3, 0.4) is 0 Å². The Labute approximate surface area is 161 Å². The number of likely N-dealkylation sites (tertiary alicyclic amines) is 1. The average Bonchev–Trinajstić information content (AvgIpc) is 3.56. The molecule has 3 unspecified atom stereocenters. The molecule has 2 saturated carbocycles. The van der Waals surface area contributed by atoms with Gasteiger partial charge in [0.05, 0.1) is 5.25 Å². The van der Waals surface area contributed by atoms with E-state index in [1.807, 2.05) is 13.8 Å². The normalized spacial score (nSPS) is 26.5. The van der Waals surface area contributed by atoms with E-state index < -0.39 is 22.5 Å². The highest BCUT2D eigenvalue weighted by Crippen LogP contribution is 2.44. The van der Waals surface area contributed by atoms with Crippen molar-refractivity contribution in [3.8, 4) is 0 Å². The summed E-state index contributed by atoms with van der Waals surface area (Å²) in [6.07, 6.45) is 6.20. The highest BCUT2D eigenvalue weighted by molar-refractivity contribution is 7.80. The molecule has 2 aliphatic carbocycles. The Morgan fingerprint density at radius 3 is 2.08 bits per heavy atom. The molecule has 1 saturated heterocycles. The topological polar surface area (TPSA) is 133 Å². The fourth-order valence-electron chi connectivity index (χ4n) is 2.52. The minimum Gasteiger partial charge on any atom is -0.400 e. The molecule has 0 aromatic carbocycles. The van der Waals surface area contributed by atoms with Crippen molar-refractivity contribution < 1.29 is 26.3 Å². The number of carbonyl (C=O) groups excluding carboxylic acids is 2. The summed E-state index contributed by atoms with van der Waals surface area (Å²) in [5, 5.41) is 9.88. The Morgan fingerprint density at radius 1 is 1.31 bits per heavy atom. The molecule has 0 aromatic heterocycles. The second-order valence-corrected chi connectivity index (χ2v) is 7.20. The van der Waals surface area contributed by atoms with Crippen molar-refractivity contribution in [2.24, 2.45) is 11.7 Å². The number of aliphatic hydroxyl groups excluding tert-OH is 1. The number of nitrogens with one attached hydrogen (secondary N) is 1. The number of hydrogen-bond donors (Lipinski definition) is 4. The Hall–Kier alpha value is -1.45. The van der Waals surface area contributed by atoms with Gasteiger partial charge in [0, 0.05) is 29.0 Å². The molecule has 0 aromatic rings. The van der Waals surface area contributed by atoms with Gasteiger partial charge >= 0.3 is 6.03 Å². The van der Waals surface area contributed by atoms with Crippen molar-refractivity contribution in [3.05, 3.63) is 12.7 Å². The van der Waals surface area contributed by atoms with Crippen molar-refractivity contribution in [2.45, 2.75) is 56.7 Å². The van der Waals surface area contributed by atoms with Crippen LogP contribution in [0, 0.1) is 5.92 Å². The van der Waals surface area contributed by atoms with Gasteiger partial charge in [-0.05, 0) is 32.1 Å². The van der Waals surface area contributed by atoms with Crippen molar-refractivity contribution in [3.63, 3.8) is 0 Å². The quantitative estimate of drug-likeness (QED) is 0.425. The van der Waals surface area contributed by atoms with Crippen LogP contribution in [-0.2, 0) is 15.9 Å². The van der Waals surface area contributed by atoms with E-state index in [1.165, 1.54) is 0 Å². The summed E-state index contributed by atoms with van der Waals surface area (Å²) in [5.74, 6) is -0.485. The molecule has 3 fully saturated rings. The molecule has 3 rings (SSSR count). The molecule has 1 heterocycles. The third-order valence-electron chi connectivity index (χ3n) is 4.27. The fraction of sp³-hybridized carbons (Fsp3) is 0.765. The van der Waals surface area contributed by atoms with E-state index in [0.29, 0.717) is 6.42 Å². The first kappa shape index (κ1) is 24.6. The van der Waals surface area contributed by atoms with Crippen molar-refractivity contribution in [1.82, 2.24) is 10.2 Å². The predicted octanol–water partition coefficient (Wildman–Crippen LogP) is 1.72. The summed E-state index contributed by atoms with van der Waals surface area (Å²) in [5.41, 5.74) is 4.45. The van der Waals surface area contributed by atoms with Gasteiger partial charge in [-0.1, -0.05) is 19.9 Å². The number of rotatable bonds is 4. The van der Waals surface area contributed by atoms with Crippen LogP contribution in [0.1, 0.15) is 48.8 Å². The number of amides is 3. The van der Waals surface area contributed by atoms with Crippen LogP contribution in [-0.4, -0.2) is 61.7 Å². The second-order valence-electron chi connectivity index (χ2n) is 5.98. The lowest BCUT2D eigenvalue weighted by atomic mass is 10.2. The van der Waals surface area contributed by atoms with E-state index in [4.69, 9.17) is 15.4 Å². The predicted molar refractivity (Wildman–Crippen MR) is 107 cm³/mol. The Morgan fingerprint density at radius 2 is 1.81 bits per heavy atom. The molecule has 0 spiro atoms. The van der Waals surface area contributed by atoms with Crippen molar-refractivity contribution in [2.75, 3.05) is 20.2 Å². The summed E-state index contributed by atoms with van der Waals surface area (Å²) in [6, 6.07) is -0.180. The molecule has 156 valence electrons. The minimum absolute atomic E-state index is 0. The number of urea groups is 1. The maximum atomic E-state index is 11.8. The van der Waals surface area contributed by atoms with Crippen LogP contribution in [0.4, 0.5) is 4.79 Å². The van der Waals surface area contributed by atoms with E-state index in [1.54, 1.807) is 11.0 Å². The largest absolute Gasteiger partial charge is 0.400 e. The van der Waals surface area contributed by atoms with E-state index in [0.717, 1.165) is 45.9 Å². The number of primary amides is 1. The SMILES string of the molecule is C=CC1CC1(NC(=O)N1CCCC1)C(N)=O.CC.CO.O=S(O)C1CC1.[HH].[HH]. The van der Waals surface area contributed by atoms with Crippen LogP contribution in [0.5, 0.6) is 0 Å². The highest BCUT2D eigenvalue weighted by Gasteiger charge is 2.59. The number of hydrogen-bond acceptors (Lipinski definition) is 4. The maximum absolute atomic E-state index is 11.8. The van der Waals surface area contributed by atoms with Gasteiger partial charge < -0.3 is 25.6 Å². The molecule has 3 atom stereocenters. The smallest absolute Gasteiger partial charge is 0.318 e. The molecule has 3 aliphatic rings. The van der Waals surface area contributed by atoms with Crippen molar-refractivity contribution >= 4 is 23.0 Å². The minimum atomic E-state index is -1.51. The van der Waals surface area contributed by atoms with Gasteiger partial charge in [0.2, 0.25) is 5.91 Å². The molecule has 8 nitrogen and oxygen atoms in total. The lowest BCUT2D eigenvalue weighted by Gasteiger charge is -2.21. The molecule has 9 heteroatoms. The Balaban J connectivity index is -0.000000442. The zero-order valence-electron chi connectivity index (χ0n) is 15.9. The molecule has 26 heavy (non-hydrogen) atoms. The summed E-state index contributed by atoms with van der Waals surface area (Å²) >= 11 is -1.51. The van der Waals surface area contributed by atoms with Gasteiger partial charge in [-0.2, -0.15) is 0 Å². The van der Waals surface area contributed by atoms with Crippen LogP contribution in [0.25, 0.3) is 0 Å². The summed E-state index contributed by atoms with van der Waals surface area (Å²) in [7, 11) is 1.00. The lowest BCUT2D eigenvalue weighted by molar-refractivity contribution is -0.121. The van der Waals surface area contributed by atoms with E-state index in [9.17, 15) is 13.8 Å². The van der Waals surface area contributed by atoms with Crippen LogP contribution in [0.15, 0.2) is 12.7 Å². The van der Waals surface area contributed by atoms with Gasteiger partial charge in [-0.15, -0.1) is 6.58 Å². The van der Waals surface area contributed by atoms with Gasteiger partial charge in [-0.25, -0.2) is 9.00 Å². The monoisotopic (exact) mass is 395 g/mol. The van der Waals surface area contributed by atoms with Crippen LogP contribution < -0.4 is 11.1 Å². The lowest BCUT2D eigenvalue weighted by Crippen LogP contribution is -2.52. The van der Waals surface area contributed by atoms with Crippen LogP contribution in [0.2, 0.25) is 0 Å². The third-order valence-corrected chi connectivity index (χ3v) is 5.31. The number of nitrogens with two attached hydrogens (primary N) is 1.